The number of aliphatic hydroxyl groups is 1. The van der Waals surface area contributed by atoms with Crippen molar-refractivity contribution < 1.29 is 24.2 Å². The molecule has 0 aromatic heterocycles. The van der Waals surface area contributed by atoms with E-state index in [-0.39, 0.29) is 24.5 Å². The van der Waals surface area contributed by atoms with E-state index in [9.17, 15) is 14.7 Å². The van der Waals surface area contributed by atoms with Crippen LogP contribution in [0.3, 0.4) is 0 Å². The Morgan fingerprint density at radius 1 is 1.13 bits per heavy atom. The van der Waals surface area contributed by atoms with Crippen LogP contribution in [-0.4, -0.2) is 62.7 Å². The molecule has 1 heterocycles. The van der Waals surface area contributed by atoms with Crippen molar-refractivity contribution in [1.82, 2.24) is 4.90 Å². The molecule has 2 aromatic carbocycles. The number of hydrogen-bond acceptors (Lipinski definition) is 6. The van der Waals surface area contributed by atoms with Gasteiger partial charge in [0.15, 0.2) is 0 Å². The second-order valence-electron chi connectivity index (χ2n) is 7.43. The first kappa shape index (κ1) is 22.4. The van der Waals surface area contributed by atoms with Gasteiger partial charge in [-0.05, 0) is 36.8 Å². The molecule has 1 saturated heterocycles. The number of rotatable bonds is 8. The van der Waals surface area contributed by atoms with E-state index in [2.05, 4.69) is 0 Å². The monoisotopic (exact) mass is 424 g/mol. The van der Waals surface area contributed by atoms with E-state index in [4.69, 9.17) is 9.47 Å². The maximum Gasteiger partial charge on any atom is 0.295 e. The van der Waals surface area contributed by atoms with Crippen LogP contribution >= 0.6 is 0 Å². The van der Waals surface area contributed by atoms with Crippen LogP contribution in [0.5, 0.6) is 5.75 Å². The number of hydrogen-bond donors (Lipinski definition) is 1. The smallest absolute Gasteiger partial charge is 0.295 e. The van der Waals surface area contributed by atoms with Crippen molar-refractivity contribution in [2.24, 2.45) is 0 Å². The summed E-state index contributed by atoms with van der Waals surface area (Å²) in [4.78, 5) is 29.2. The van der Waals surface area contributed by atoms with Crippen molar-refractivity contribution in [3.05, 3.63) is 65.2 Å². The van der Waals surface area contributed by atoms with E-state index in [1.54, 1.807) is 24.3 Å². The van der Waals surface area contributed by atoms with Crippen LogP contribution in [-0.2, 0) is 14.3 Å². The summed E-state index contributed by atoms with van der Waals surface area (Å²) in [6.07, 6.45) is 0. The first-order valence-corrected chi connectivity index (χ1v) is 10.2. The molecule has 0 bridgehead atoms. The lowest BCUT2D eigenvalue weighted by molar-refractivity contribution is -0.140. The Morgan fingerprint density at radius 3 is 2.45 bits per heavy atom. The fourth-order valence-corrected chi connectivity index (χ4v) is 3.66. The highest BCUT2D eigenvalue weighted by Gasteiger charge is 2.45. The number of likely N-dealkylation sites (tertiary alicyclic amines) is 1. The topological polar surface area (TPSA) is 79.3 Å². The van der Waals surface area contributed by atoms with Crippen molar-refractivity contribution in [3.8, 4) is 5.75 Å². The number of ether oxygens (including phenoxy) is 2. The molecule has 164 valence electrons. The third-order valence-corrected chi connectivity index (χ3v) is 5.22. The van der Waals surface area contributed by atoms with E-state index in [1.165, 1.54) is 12.0 Å². The molecular formula is C24H28N2O5. The summed E-state index contributed by atoms with van der Waals surface area (Å²) in [5.74, 6) is -1.01. The summed E-state index contributed by atoms with van der Waals surface area (Å²) in [5.41, 5.74) is 2.21. The molecule has 1 fully saturated rings. The zero-order valence-corrected chi connectivity index (χ0v) is 18.3. The highest BCUT2D eigenvalue weighted by Crippen LogP contribution is 2.40. The Hall–Kier alpha value is -3.32. The van der Waals surface area contributed by atoms with Crippen LogP contribution in [0, 0.1) is 0 Å². The summed E-state index contributed by atoms with van der Waals surface area (Å²) in [6.45, 7) is 2.85. The first-order valence-electron chi connectivity index (χ1n) is 10.2. The van der Waals surface area contributed by atoms with Crippen molar-refractivity contribution in [3.63, 3.8) is 0 Å². The molecule has 31 heavy (non-hydrogen) atoms. The van der Waals surface area contributed by atoms with Gasteiger partial charge in [-0.1, -0.05) is 24.3 Å². The third kappa shape index (κ3) is 4.56. The molecule has 0 spiro atoms. The molecule has 1 aliphatic heterocycles. The van der Waals surface area contributed by atoms with Gasteiger partial charge in [0.05, 0.1) is 24.8 Å². The molecule has 3 rings (SSSR count). The summed E-state index contributed by atoms with van der Waals surface area (Å²) >= 11 is 0. The number of aliphatic hydroxyl groups excluding tert-OH is 1. The summed E-state index contributed by atoms with van der Waals surface area (Å²) < 4.78 is 10.6. The molecule has 0 aliphatic carbocycles. The van der Waals surface area contributed by atoms with Gasteiger partial charge in [0.1, 0.15) is 11.5 Å². The molecule has 7 heteroatoms. The highest BCUT2D eigenvalue weighted by molar-refractivity contribution is 6.46. The fraction of sp³-hybridized carbons (Fsp3) is 0.333. The van der Waals surface area contributed by atoms with E-state index in [0.29, 0.717) is 17.9 Å². The minimum Gasteiger partial charge on any atom is -0.507 e. The van der Waals surface area contributed by atoms with Crippen LogP contribution in [0.2, 0.25) is 0 Å². The Balaban J connectivity index is 2.12. The zero-order chi connectivity index (χ0) is 22.5. The highest BCUT2D eigenvalue weighted by atomic mass is 16.5. The van der Waals surface area contributed by atoms with Crippen LogP contribution in [0.1, 0.15) is 24.1 Å². The Kier molecular flexibility index (Phi) is 6.97. The van der Waals surface area contributed by atoms with Gasteiger partial charge in [-0.2, -0.15) is 0 Å². The number of methoxy groups -OCH3 is 1. The molecule has 1 atom stereocenters. The quantitative estimate of drug-likeness (QED) is 0.398. The van der Waals surface area contributed by atoms with Crippen molar-refractivity contribution in [2.45, 2.75) is 13.0 Å². The Labute approximate surface area is 182 Å². The fourth-order valence-electron chi connectivity index (χ4n) is 3.66. The average molecular weight is 424 g/mol. The average Bonchev–Trinajstić information content (AvgIpc) is 3.02. The summed E-state index contributed by atoms with van der Waals surface area (Å²) in [7, 11) is 5.41. The second kappa shape index (κ2) is 9.66. The number of nitrogens with zero attached hydrogens (tertiary/aromatic N) is 2. The van der Waals surface area contributed by atoms with E-state index < -0.39 is 17.7 Å². The normalized spacial score (nSPS) is 17.8. The van der Waals surface area contributed by atoms with Gasteiger partial charge in [0.25, 0.3) is 11.7 Å². The number of amides is 1. The lowest BCUT2D eigenvalue weighted by Gasteiger charge is -2.25. The molecular weight excluding hydrogens is 396 g/mol. The number of anilines is 1. The SMILES string of the molecule is CCOc1cccc(/C(O)=C2/C(=O)C(=O)N(CCOC)C2c2ccc(N(C)C)cc2)c1. The Morgan fingerprint density at radius 2 is 1.84 bits per heavy atom. The van der Waals surface area contributed by atoms with Crippen molar-refractivity contribution in [2.75, 3.05) is 45.9 Å². The number of benzene rings is 2. The third-order valence-electron chi connectivity index (χ3n) is 5.22. The minimum atomic E-state index is -0.711. The van der Waals surface area contributed by atoms with Crippen molar-refractivity contribution >= 4 is 23.1 Å². The van der Waals surface area contributed by atoms with Gasteiger partial charge < -0.3 is 24.4 Å². The molecule has 0 saturated carbocycles. The van der Waals surface area contributed by atoms with E-state index in [0.717, 1.165) is 11.3 Å². The molecule has 1 amide bonds. The number of ketones is 1. The number of Topliss-reactive ketones (excluding diaryl/α,β-unsaturated/α-hetero) is 1. The maximum absolute atomic E-state index is 13.0. The molecule has 1 N–H and O–H groups in total. The first-order chi connectivity index (χ1) is 14.9. The lowest BCUT2D eigenvalue weighted by Crippen LogP contribution is -2.32. The van der Waals surface area contributed by atoms with Gasteiger partial charge in [0, 0.05) is 39.0 Å². The number of carbonyl (C=O) groups excluding carboxylic acids is 2. The number of carbonyl (C=O) groups is 2. The van der Waals surface area contributed by atoms with Gasteiger partial charge in [-0.3, -0.25) is 9.59 Å². The standard InChI is InChI=1S/C24H28N2O5/c1-5-31-19-8-6-7-17(15-19)22(27)20-21(16-9-11-18(12-10-16)25(2)3)26(13-14-30-4)24(29)23(20)28/h6-12,15,21,27H,5,13-14H2,1-4H3/b22-20-. The summed E-state index contributed by atoms with van der Waals surface area (Å²) in [5, 5.41) is 11.1. The summed E-state index contributed by atoms with van der Waals surface area (Å²) in [6, 6.07) is 13.7. The van der Waals surface area contributed by atoms with Crippen molar-refractivity contribution in [1.29, 1.82) is 0 Å². The van der Waals surface area contributed by atoms with Crippen LogP contribution in [0.15, 0.2) is 54.1 Å². The maximum atomic E-state index is 13.0. The van der Waals surface area contributed by atoms with E-state index >= 15 is 0 Å². The van der Waals surface area contributed by atoms with Crippen LogP contribution in [0.25, 0.3) is 5.76 Å². The molecule has 7 nitrogen and oxygen atoms in total. The van der Waals surface area contributed by atoms with Gasteiger partial charge in [-0.25, -0.2) is 0 Å². The van der Waals surface area contributed by atoms with E-state index in [1.807, 2.05) is 50.2 Å². The second-order valence-corrected chi connectivity index (χ2v) is 7.43. The van der Waals surface area contributed by atoms with Gasteiger partial charge in [0.2, 0.25) is 0 Å². The molecule has 0 radical (unpaired) electrons. The molecule has 1 unspecified atom stereocenters. The van der Waals surface area contributed by atoms with Crippen LogP contribution in [0.4, 0.5) is 5.69 Å². The predicted octanol–water partition coefficient (Wildman–Crippen LogP) is 3.22. The van der Waals surface area contributed by atoms with Gasteiger partial charge in [-0.15, -0.1) is 0 Å². The largest absolute Gasteiger partial charge is 0.507 e. The molecule has 1 aliphatic rings. The van der Waals surface area contributed by atoms with Gasteiger partial charge >= 0.3 is 0 Å². The predicted molar refractivity (Wildman–Crippen MR) is 119 cm³/mol. The zero-order valence-electron chi connectivity index (χ0n) is 18.3. The van der Waals surface area contributed by atoms with Crippen LogP contribution < -0.4 is 9.64 Å². The Bertz CT molecular complexity index is 982. The lowest BCUT2D eigenvalue weighted by atomic mass is 9.95. The molecule has 2 aromatic rings. The minimum absolute atomic E-state index is 0.0624.